The molecule has 0 aromatic carbocycles. The van der Waals surface area contributed by atoms with Gasteiger partial charge in [0.2, 0.25) is 0 Å². The summed E-state index contributed by atoms with van der Waals surface area (Å²) in [6.45, 7) is 8.16. The maximum Gasteiger partial charge on any atom is 0.410 e. The molecule has 0 aromatic rings. The second-order valence-electron chi connectivity index (χ2n) is 5.68. The minimum absolute atomic E-state index is 0.0647. The molecular weight excluding hydrogens is 249 g/mol. The SMILES string of the molecule is CC1C2C(CN1C(=O)OC(C)(C)C)C2(Cl)Cl. The Morgan fingerprint density at radius 2 is 2.00 bits per heavy atom. The van der Waals surface area contributed by atoms with Gasteiger partial charge in [0.15, 0.2) is 0 Å². The molecule has 5 heteroatoms. The number of hydrogen-bond donors (Lipinski definition) is 0. The van der Waals surface area contributed by atoms with Crippen LogP contribution in [0.5, 0.6) is 0 Å². The molecule has 0 radical (unpaired) electrons. The van der Waals surface area contributed by atoms with E-state index in [9.17, 15) is 4.79 Å². The van der Waals surface area contributed by atoms with Crippen LogP contribution >= 0.6 is 23.2 Å². The highest BCUT2D eigenvalue weighted by atomic mass is 35.5. The lowest BCUT2D eigenvalue weighted by Crippen LogP contribution is -2.42. The van der Waals surface area contributed by atoms with Gasteiger partial charge in [0.25, 0.3) is 0 Å². The summed E-state index contributed by atoms with van der Waals surface area (Å²) in [4.78, 5) is 13.6. The van der Waals surface area contributed by atoms with Gasteiger partial charge in [-0.1, -0.05) is 0 Å². The zero-order valence-corrected chi connectivity index (χ0v) is 11.5. The zero-order chi connectivity index (χ0) is 12.3. The van der Waals surface area contributed by atoms with Crippen LogP contribution in [0.25, 0.3) is 0 Å². The maximum absolute atomic E-state index is 11.9. The predicted molar refractivity (Wildman–Crippen MR) is 63.8 cm³/mol. The highest BCUT2D eigenvalue weighted by molar-refractivity contribution is 6.51. The standard InChI is InChI=1S/C11H17Cl2NO2/c1-6-8-7(11(8,12)13)5-14(6)9(15)16-10(2,3)4/h6-8H,5H2,1-4H3. The van der Waals surface area contributed by atoms with E-state index in [0.717, 1.165) is 0 Å². The van der Waals surface area contributed by atoms with Crippen molar-refractivity contribution >= 4 is 29.3 Å². The van der Waals surface area contributed by atoms with Gasteiger partial charge < -0.3 is 9.64 Å². The molecule has 0 aromatic heterocycles. The average Bonchev–Trinajstić information content (AvgIpc) is 2.45. The smallest absolute Gasteiger partial charge is 0.410 e. The van der Waals surface area contributed by atoms with Crippen LogP contribution in [0.2, 0.25) is 0 Å². The molecule has 0 bridgehead atoms. The number of amides is 1. The minimum Gasteiger partial charge on any atom is -0.444 e. The van der Waals surface area contributed by atoms with Gasteiger partial charge in [0.1, 0.15) is 9.93 Å². The van der Waals surface area contributed by atoms with Crippen molar-refractivity contribution in [2.45, 2.75) is 43.7 Å². The number of nitrogens with zero attached hydrogens (tertiary/aromatic N) is 1. The van der Waals surface area contributed by atoms with Crippen molar-refractivity contribution < 1.29 is 9.53 Å². The summed E-state index contributed by atoms with van der Waals surface area (Å²) in [5, 5.41) is 0. The molecule has 1 aliphatic heterocycles. The van der Waals surface area contributed by atoms with E-state index < -0.39 is 9.93 Å². The topological polar surface area (TPSA) is 29.5 Å². The van der Waals surface area contributed by atoms with Crippen LogP contribution in [0, 0.1) is 11.8 Å². The first-order valence-electron chi connectivity index (χ1n) is 5.52. The molecule has 0 spiro atoms. The molecule has 3 atom stereocenters. The van der Waals surface area contributed by atoms with E-state index in [-0.39, 0.29) is 24.0 Å². The van der Waals surface area contributed by atoms with E-state index in [4.69, 9.17) is 27.9 Å². The Bertz CT molecular complexity index is 324. The molecule has 2 rings (SSSR count). The van der Waals surface area contributed by atoms with E-state index in [1.807, 2.05) is 27.7 Å². The monoisotopic (exact) mass is 265 g/mol. The number of alkyl halides is 2. The Morgan fingerprint density at radius 3 is 2.38 bits per heavy atom. The summed E-state index contributed by atoms with van der Waals surface area (Å²) < 4.78 is 4.70. The predicted octanol–water partition coefficient (Wildman–Crippen LogP) is 3.05. The van der Waals surface area contributed by atoms with Crippen LogP contribution in [0.4, 0.5) is 4.79 Å². The van der Waals surface area contributed by atoms with Crippen molar-refractivity contribution in [2.24, 2.45) is 11.8 Å². The van der Waals surface area contributed by atoms with Gasteiger partial charge in [0.05, 0.1) is 0 Å². The Balaban J connectivity index is 1.98. The fourth-order valence-electron chi connectivity index (χ4n) is 2.44. The molecule has 1 saturated heterocycles. The molecule has 2 fully saturated rings. The first kappa shape index (κ1) is 12.3. The molecule has 92 valence electrons. The van der Waals surface area contributed by atoms with E-state index >= 15 is 0 Å². The minimum atomic E-state index is -0.627. The molecule has 1 aliphatic carbocycles. The van der Waals surface area contributed by atoms with E-state index in [1.54, 1.807) is 4.90 Å². The molecule has 1 saturated carbocycles. The summed E-state index contributed by atoms with van der Waals surface area (Å²) in [6.07, 6.45) is -0.267. The summed E-state index contributed by atoms with van der Waals surface area (Å²) in [5.41, 5.74) is -0.456. The third kappa shape index (κ3) is 1.88. The molecule has 1 amide bonds. The lowest BCUT2D eigenvalue weighted by molar-refractivity contribution is 0.0206. The molecular formula is C11H17Cl2NO2. The maximum atomic E-state index is 11.9. The van der Waals surface area contributed by atoms with Crippen molar-refractivity contribution in [3.8, 4) is 0 Å². The second-order valence-corrected chi connectivity index (χ2v) is 7.12. The fourth-order valence-corrected chi connectivity index (χ4v) is 3.40. The van der Waals surface area contributed by atoms with E-state index in [1.165, 1.54) is 0 Å². The number of ether oxygens (including phenoxy) is 1. The normalized spacial score (nSPS) is 35.9. The molecule has 3 unspecified atom stereocenters. The lowest BCUT2D eigenvalue weighted by Gasteiger charge is -2.30. The number of halogens is 2. The summed E-state index contributed by atoms with van der Waals surface area (Å²) in [5.74, 6) is 0.404. The van der Waals surface area contributed by atoms with Crippen molar-refractivity contribution in [2.75, 3.05) is 6.54 Å². The zero-order valence-electron chi connectivity index (χ0n) is 9.96. The molecule has 16 heavy (non-hydrogen) atoms. The van der Waals surface area contributed by atoms with Crippen LogP contribution < -0.4 is 0 Å². The molecule has 0 N–H and O–H groups in total. The average molecular weight is 266 g/mol. The molecule has 2 aliphatic rings. The van der Waals surface area contributed by atoms with Crippen molar-refractivity contribution in [1.82, 2.24) is 4.90 Å². The van der Waals surface area contributed by atoms with E-state index in [0.29, 0.717) is 6.54 Å². The molecule has 3 nitrogen and oxygen atoms in total. The lowest BCUT2D eigenvalue weighted by atomic mass is 10.2. The quantitative estimate of drug-likeness (QED) is 0.631. The third-order valence-electron chi connectivity index (χ3n) is 3.30. The summed E-state index contributed by atoms with van der Waals surface area (Å²) in [6, 6.07) is 0.0647. The first-order valence-corrected chi connectivity index (χ1v) is 6.27. The largest absolute Gasteiger partial charge is 0.444 e. The van der Waals surface area contributed by atoms with Crippen LogP contribution in [-0.4, -0.2) is 33.5 Å². The van der Waals surface area contributed by atoms with Crippen LogP contribution in [0.15, 0.2) is 0 Å². The van der Waals surface area contributed by atoms with Crippen LogP contribution in [-0.2, 0) is 4.74 Å². The van der Waals surface area contributed by atoms with Gasteiger partial charge in [-0.05, 0) is 27.7 Å². The number of fused-ring (bicyclic) bond motifs is 1. The molecule has 1 heterocycles. The van der Waals surface area contributed by atoms with Gasteiger partial charge in [-0.2, -0.15) is 0 Å². The number of rotatable bonds is 0. The van der Waals surface area contributed by atoms with Gasteiger partial charge >= 0.3 is 6.09 Å². The second kappa shape index (κ2) is 3.42. The summed E-state index contributed by atoms with van der Waals surface area (Å²) >= 11 is 12.2. The van der Waals surface area contributed by atoms with Crippen LogP contribution in [0.1, 0.15) is 27.7 Å². The van der Waals surface area contributed by atoms with Gasteiger partial charge in [-0.15, -0.1) is 23.2 Å². The van der Waals surface area contributed by atoms with Gasteiger partial charge in [0, 0.05) is 24.4 Å². The fraction of sp³-hybridized carbons (Fsp3) is 0.909. The first-order chi connectivity index (χ1) is 7.14. The highest BCUT2D eigenvalue weighted by Gasteiger charge is 2.71. The Morgan fingerprint density at radius 1 is 1.44 bits per heavy atom. The Labute approximate surface area is 106 Å². The number of piperidine rings is 1. The number of carbonyl (C=O) groups excluding carboxylic acids is 1. The third-order valence-corrected chi connectivity index (χ3v) is 4.36. The number of carbonyl (C=O) groups is 1. The van der Waals surface area contributed by atoms with Crippen molar-refractivity contribution in [3.63, 3.8) is 0 Å². The van der Waals surface area contributed by atoms with Crippen molar-refractivity contribution in [1.29, 1.82) is 0 Å². The van der Waals surface area contributed by atoms with Gasteiger partial charge in [-0.25, -0.2) is 4.79 Å². The summed E-state index contributed by atoms with van der Waals surface area (Å²) in [7, 11) is 0. The Kier molecular flexibility index (Phi) is 2.63. The van der Waals surface area contributed by atoms with Gasteiger partial charge in [-0.3, -0.25) is 0 Å². The highest BCUT2D eigenvalue weighted by Crippen LogP contribution is 2.65. The number of hydrogen-bond acceptors (Lipinski definition) is 2. The van der Waals surface area contributed by atoms with Crippen LogP contribution in [0.3, 0.4) is 0 Å². The van der Waals surface area contributed by atoms with Crippen molar-refractivity contribution in [3.05, 3.63) is 0 Å². The van der Waals surface area contributed by atoms with E-state index in [2.05, 4.69) is 0 Å². The Hall–Kier alpha value is -0.150. The number of likely N-dealkylation sites (tertiary alicyclic amines) is 1.